The van der Waals surface area contributed by atoms with Gasteiger partial charge in [0, 0.05) is 18.0 Å². The van der Waals surface area contributed by atoms with Gasteiger partial charge in [-0.05, 0) is 24.3 Å². The SMILES string of the molecule is FC(F)(F)c1cccc(-n2cnc(-c3cccnc3)n2)n1. The summed E-state index contributed by atoms with van der Waals surface area (Å²) in [6.45, 7) is 0. The fraction of sp³-hybridized carbons (Fsp3) is 0.0769. The van der Waals surface area contributed by atoms with Gasteiger partial charge >= 0.3 is 6.18 Å². The molecule has 0 aliphatic rings. The Labute approximate surface area is 117 Å². The maximum absolute atomic E-state index is 12.6. The van der Waals surface area contributed by atoms with E-state index in [0.717, 1.165) is 6.07 Å². The van der Waals surface area contributed by atoms with E-state index in [9.17, 15) is 13.2 Å². The number of halogens is 3. The molecule has 0 aliphatic carbocycles. The van der Waals surface area contributed by atoms with E-state index in [1.807, 2.05) is 0 Å². The monoisotopic (exact) mass is 291 g/mol. The van der Waals surface area contributed by atoms with Gasteiger partial charge in [0.2, 0.25) is 0 Å². The van der Waals surface area contributed by atoms with Gasteiger partial charge in [-0.25, -0.2) is 14.6 Å². The molecule has 0 radical (unpaired) electrons. The minimum absolute atomic E-state index is 0.0486. The summed E-state index contributed by atoms with van der Waals surface area (Å²) in [6, 6.07) is 7.08. The van der Waals surface area contributed by atoms with Crippen LogP contribution in [0.3, 0.4) is 0 Å². The number of alkyl halides is 3. The van der Waals surface area contributed by atoms with Gasteiger partial charge in [0.05, 0.1) is 0 Å². The Balaban J connectivity index is 1.97. The molecule has 5 nitrogen and oxygen atoms in total. The average Bonchev–Trinajstić information content (AvgIpc) is 2.97. The highest BCUT2D eigenvalue weighted by Gasteiger charge is 2.32. The van der Waals surface area contributed by atoms with Gasteiger partial charge in [-0.2, -0.15) is 13.2 Å². The van der Waals surface area contributed by atoms with Gasteiger partial charge < -0.3 is 0 Å². The van der Waals surface area contributed by atoms with Crippen molar-refractivity contribution in [3.8, 4) is 17.2 Å². The second-order valence-electron chi connectivity index (χ2n) is 4.13. The third-order valence-corrected chi connectivity index (χ3v) is 2.67. The Morgan fingerprint density at radius 2 is 1.90 bits per heavy atom. The normalized spacial score (nSPS) is 11.6. The molecule has 3 aromatic rings. The molecule has 3 rings (SSSR count). The van der Waals surface area contributed by atoms with Crippen molar-refractivity contribution in [2.75, 3.05) is 0 Å². The molecule has 0 N–H and O–H groups in total. The molecule has 0 saturated carbocycles. The van der Waals surface area contributed by atoms with Gasteiger partial charge in [-0.15, -0.1) is 5.10 Å². The van der Waals surface area contributed by atoms with Crippen LogP contribution in [0.2, 0.25) is 0 Å². The minimum Gasteiger partial charge on any atom is -0.264 e. The van der Waals surface area contributed by atoms with Crippen molar-refractivity contribution in [3.63, 3.8) is 0 Å². The van der Waals surface area contributed by atoms with E-state index in [1.54, 1.807) is 24.5 Å². The summed E-state index contributed by atoms with van der Waals surface area (Å²) in [5.41, 5.74) is -0.304. The molecule has 0 aromatic carbocycles. The summed E-state index contributed by atoms with van der Waals surface area (Å²) in [4.78, 5) is 11.5. The van der Waals surface area contributed by atoms with Crippen molar-refractivity contribution < 1.29 is 13.2 Å². The molecule has 21 heavy (non-hydrogen) atoms. The summed E-state index contributed by atoms with van der Waals surface area (Å²) < 4.78 is 39.1. The summed E-state index contributed by atoms with van der Waals surface area (Å²) in [5, 5.41) is 4.11. The number of pyridine rings is 2. The fourth-order valence-corrected chi connectivity index (χ4v) is 1.71. The molecule has 0 amide bonds. The van der Waals surface area contributed by atoms with E-state index in [1.165, 1.54) is 23.1 Å². The Bertz CT molecular complexity index is 752. The molecule has 0 bridgehead atoms. The molecular formula is C13H8F3N5. The standard InChI is InChI=1S/C13H8F3N5/c14-13(15,16)10-4-1-5-11(19-10)21-8-18-12(20-21)9-3-2-6-17-7-9/h1-8H. The molecular weight excluding hydrogens is 283 g/mol. The van der Waals surface area contributed by atoms with E-state index in [-0.39, 0.29) is 5.82 Å². The van der Waals surface area contributed by atoms with Crippen molar-refractivity contribution in [2.45, 2.75) is 6.18 Å². The lowest BCUT2D eigenvalue weighted by Gasteiger charge is -2.06. The van der Waals surface area contributed by atoms with Crippen LogP contribution >= 0.6 is 0 Å². The van der Waals surface area contributed by atoms with Crippen LogP contribution in [0, 0.1) is 0 Å². The van der Waals surface area contributed by atoms with Gasteiger partial charge in [0.1, 0.15) is 12.0 Å². The summed E-state index contributed by atoms with van der Waals surface area (Å²) >= 11 is 0. The molecule has 3 heterocycles. The number of aromatic nitrogens is 5. The number of rotatable bonds is 2. The molecule has 106 valence electrons. The van der Waals surface area contributed by atoms with Crippen LogP contribution in [0.4, 0.5) is 13.2 Å². The highest BCUT2D eigenvalue weighted by atomic mass is 19.4. The number of nitrogens with zero attached hydrogens (tertiary/aromatic N) is 5. The van der Waals surface area contributed by atoms with Crippen molar-refractivity contribution >= 4 is 0 Å². The molecule has 0 saturated heterocycles. The lowest BCUT2D eigenvalue weighted by atomic mass is 10.3. The van der Waals surface area contributed by atoms with Crippen LogP contribution in [-0.4, -0.2) is 24.7 Å². The molecule has 0 aliphatic heterocycles. The van der Waals surface area contributed by atoms with Gasteiger partial charge in [0.25, 0.3) is 0 Å². The number of hydrogen-bond donors (Lipinski definition) is 0. The number of hydrogen-bond acceptors (Lipinski definition) is 4. The smallest absolute Gasteiger partial charge is 0.264 e. The predicted molar refractivity (Wildman–Crippen MR) is 67.4 cm³/mol. The van der Waals surface area contributed by atoms with Crippen LogP contribution < -0.4 is 0 Å². The Hall–Kier alpha value is -2.77. The molecule has 0 fully saturated rings. The van der Waals surface area contributed by atoms with Gasteiger partial charge in [-0.3, -0.25) is 4.98 Å². The first kappa shape index (κ1) is 13.2. The minimum atomic E-state index is -4.50. The van der Waals surface area contributed by atoms with Gasteiger partial charge in [-0.1, -0.05) is 6.07 Å². The first-order valence-corrected chi connectivity index (χ1v) is 5.91. The van der Waals surface area contributed by atoms with Gasteiger partial charge in [0.15, 0.2) is 11.6 Å². The second kappa shape index (κ2) is 4.97. The van der Waals surface area contributed by atoms with Crippen LogP contribution in [-0.2, 0) is 6.18 Å². The molecule has 0 atom stereocenters. The van der Waals surface area contributed by atoms with Crippen molar-refractivity contribution in [3.05, 3.63) is 54.7 Å². The highest BCUT2D eigenvalue weighted by Crippen LogP contribution is 2.27. The summed E-state index contributed by atoms with van der Waals surface area (Å²) in [6.07, 6.45) is -0.0122. The first-order chi connectivity index (χ1) is 10.0. The topological polar surface area (TPSA) is 56.5 Å². The first-order valence-electron chi connectivity index (χ1n) is 5.91. The van der Waals surface area contributed by atoms with Crippen LogP contribution in [0.15, 0.2) is 49.1 Å². The van der Waals surface area contributed by atoms with E-state index in [4.69, 9.17) is 0 Å². The largest absolute Gasteiger partial charge is 0.433 e. The maximum atomic E-state index is 12.6. The Kier molecular flexibility index (Phi) is 3.13. The third kappa shape index (κ3) is 2.73. The highest BCUT2D eigenvalue weighted by molar-refractivity contribution is 5.52. The predicted octanol–water partition coefficient (Wildman–Crippen LogP) is 2.74. The summed E-state index contributed by atoms with van der Waals surface area (Å²) in [7, 11) is 0. The molecule has 0 unspecified atom stereocenters. The van der Waals surface area contributed by atoms with E-state index >= 15 is 0 Å². The average molecular weight is 291 g/mol. The molecule has 3 aromatic heterocycles. The van der Waals surface area contributed by atoms with Crippen LogP contribution in [0.25, 0.3) is 17.2 Å². The quantitative estimate of drug-likeness (QED) is 0.728. The van der Waals surface area contributed by atoms with Crippen molar-refractivity contribution in [1.82, 2.24) is 24.7 Å². The zero-order valence-corrected chi connectivity index (χ0v) is 10.5. The second-order valence-corrected chi connectivity index (χ2v) is 4.13. The van der Waals surface area contributed by atoms with Crippen LogP contribution in [0.1, 0.15) is 5.69 Å². The lowest BCUT2D eigenvalue weighted by molar-refractivity contribution is -0.141. The Morgan fingerprint density at radius 3 is 2.62 bits per heavy atom. The van der Waals surface area contributed by atoms with Crippen molar-refractivity contribution in [1.29, 1.82) is 0 Å². The van der Waals surface area contributed by atoms with Crippen LogP contribution in [0.5, 0.6) is 0 Å². The van der Waals surface area contributed by atoms with Crippen molar-refractivity contribution in [2.24, 2.45) is 0 Å². The maximum Gasteiger partial charge on any atom is 0.433 e. The van der Waals surface area contributed by atoms with E-state index in [0.29, 0.717) is 11.4 Å². The van der Waals surface area contributed by atoms with E-state index in [2.05, 4.69) is 20.1 Å². The van der Waals surface area contributed by atoms with E-state index < -0.39 is 11.9 Å². The Morgan fingerprint density at radius 1 is 1.05 bits per heavy atom. The summed E-state index contributed by atoms with van der Waals surface area (Å²) in [5.74, 6) is 0.412. The zero-order chi connectivity index (χ0) is 14.9. The lowest BCUT2D eigenvalue weighted by Crippen LogP contribution is -2.10. The molecule has 0 spiro atoms. The molecule has 8 heteroatoms. The fourth-order valence-electron chi connectivity index (χ4n) is 1.71. The zero-order valence-electron chi connectivity index (χ0n) is 10.5. The third-order valence-electron chi connectivity index (χ3n) is 2.67.